The number of piperidine rings is 1. The van der Waals surface area contributed by atoms with Gasteiger partial charge in [-0.2, -0.15) is 0 Å². The molecular formula is C25H28ClN5O4. The van der Waals surface area contributed by atoms with E-state index in [0.717, 1.165) is 25.9 Å². The topological polar surface area (TPSA) is 112 Å². The van der Waals surface area contributed by atoms with Crippen LogP contribution in [-0.4, -0.2) is 45.3 Å². The second kappa shape index (κ2) is 10.4. The van der Waals surface area contributed by atoms with Crippen molar-refractivity contribution in [3.8, 4) is 0 Å². The van der Waals surface area contributed by atoms with Crippen molar-refractivity contribution in [1.29, 1.82) is 0 Å². The molecule has 2 heterocycles. The van der Waals surface area contributed by atoms with Gasteiger partial charge in [0.15, 0.2) is 0 Å². The second-order valence-electron chi connectivity index (χ2n) is 9.05. The number of H-pyrrole nitrogens is 1. The molecule has 1 unspecified atom stereocenters. The fourth-order valence-electron chi connectivity index (χ4n) is 4.60. The number of nitro groups is 1. The highest BCUT2D eigenvalue weighted by molar-refractivity contribution is 6.31. The number of rotatable bonds is 7. The largest absolute Gasteiger partial charge is 0.366 e. The number of carbonyl (C=O) groups excluding carboxylic acids is 1. The van der Waals surface area contributed by atoms with Gasteiger partial charge in [-0.3, -0.25) is 19.7 Å². The van der Waals surface area contributed by atoms with Crippen molar-refractivity contribution in [3.63, 3.8) is 0 Å². The molecule has 1 aliphatic heterocycles. The number of benzene rings is 2. The fraction of sp³-hybridized carbons (Fsp3) is 0.400. The average molecular weight is 498 g/mol. The summed E-state index contributed by atoms with van der Waals surface area (Å²) in [7, 11) is 0. The van der Waals surface area contributed by atoms with Crippen molar-refractivity contribution in [1.82, 2.24) is 14.9 Å². The summed E-state index contributed by atoms with van der Waals surface area (Å²) >= 11 is 6.05. The Morgan fingerprint density at radius 3 is 2.83 bits per heavy atom. The summed E-state index contributed by atoms with van der Waals surface area (Å²) in [6.07, 6.45) is 2.75. The highest BCUT2D eigenvalue weighted by Gasteiger charge is 2.26. The molecule has 1 fully saturated rings. The monoisotopic (exact) mass is 497 g/mol. The number of halogens is 1. The van der Waals surface area contributed by atoms with Gasteiger partial charge in [-0.05, 0) is 55.5 Å². The maximum absolute atomic E-state index is 13.4. The van der Waals surface area contributed by atoms with Crippen LogP contribution in [0.2, 0.25) is 5.02 Å². The Balaban J connectivity index is 1.64. The Labute approximate surface area is 207 Å². The molecule has 3 aromatic rings. The number of aromatic amines is 1. The van der Waals surface area contributed by atoms with E-state index >= 15 is 0 Å². The Morgan fingerprint density at radius 1 is 1.31 bits per heavy atom. The van der Waals surface area contributed by atoms with Crippen LogP contribution in [0.25, 0.3) is 10.9 Å². The SMILES string of the molecule is CCCN(Cc1nc2cc(Cl)ccc2c(=O)[nH]1)C(=O)c1ccc(N2CCCC(C)C2)c([N+](=O)[O-])c1. The third-order valence-electron chi connectivity index (χ3n) is 6.26. The van der Waals surface area contributed by atoms with Gasteiger partial charge >= 0.3 is 0 Å². The van der Waals surface area contributed by atoms with Crippen LogP contribution in [0.5, 0.6) is 0 Å². The maximum atomic E-state index is 13.4. The minimum atomic E-state index is -0.429. The number of aromatic nitrogens is 2. The zero-order valence-electron chi connectivity index (χ0n) is 19.8. The lowest BCUT2D eigenvalue weighted by molar-refractivity contribution is -0.384. The lowest BCUT2D eigenvalue weighted by Crippen LogP contribution is -2.35. The van der Waals surface area contributed by atoms with E-state index in [1.165, 1.54) is 11.0 Å². The summed E-state index contributed by atoms with van der Waals surface area (Å²) < 4.78 is 0. The third-order valence-corrected chi connectivity index (χ3v) is 6.49. The molecule has 0 saturated carbocycles. The molecule has 9 nitrogen and oxygen atoms in total. The van der Waals surface area contributed by atoms with Crippen molar-refractivity contribution in [2.45, 2.75) is 39.7 Å². The van der Waals surface area contributed by atoms with E-state index in [-0.39, 0.29) is 29.3 Å². The van der Waals surface area contributed by atoms with Gasteiger partial charge in [-0.25, -0.2) is 4.98 Å². The highest BCUT2D eigenvalue weighted by Crippen LogP contribution is 2.33. The molecule has 0 bridgehead atoms. The Bertz CT molecular complexity index is 1320. The molecule has 1 saturated heterocycles. The molecule has 0 radical (unpaired) electrons. The lowest BCUT2D eigenvalue weighted by Gasteiger charge is -2.32. The van der Waals surface area contributed by atoms with Crippen molar-refractivity contribution in [2.75, 3.05) is 24.5 Å². The van der Waals surface area contributed by atoms with Gasteiger partial charge < -0.3 is 14.8 Å². The van der Waals surface area contributed by atoms with Gasteiger partial charge in [0.1, 0.15) is 11.5 Å². The molecule has 4 rings (SSSR count). The summed E-state index contributed by atoms with van der Waals surface area (Å²) in [6.45, 7) is 6.03. The Kier molecular flexibility index (Phi) is 7.35. The molecule has 1 aliphatic rings. The van der Waals surface area contributed by atoms with Gasteiger partial charge in [0.2, 0.25) is 0 Å². The second-order valence-corrected chi connectivity index (χ2v) is 9.49. The number of amides is 1. The smallest absolute Gasteiger partial charge is 0.293 e. The number of nitro benzene ring substituents is 1. The molecule has 1 atom stereocenters. The fourth-order valence-corrected chi connectivity index (χ4v) is 4.77. The highest BCUT2D eigenvalue weighted by atomic mass is 35.5. The number of anilines is 1. The number of nitrogens with zero attached hydrogens (tertiary/aromatic N) is 4. The van der Waals surface area contributed by atoms with Gasteiger partial charge in [0.25, 0.3) is 17.2 Å². The van der Waals surface area contributed by atoms with Crippen LogP contribution < -0.4 is 10.5 Å². The molecule has 10 heteroatoms. The quantitative estimate of drug-likeness (QED) is 0.371. The van der Waals surface area contributed by atoms with E-state index in [2.05, 4.69) is 16.9 Å². The van der Waals surface area contributed by atoms with Crippen LogP contribution in [0, 0.1) is 16.0 Å². The van der Waals surface area contributed by atoms with Crippen LogP contribution in [0.3, 0.4) is 0 Å². The number of carbonyl (C=O) groups is 1. The van der Waals surface area contributed by atoms with Crippen molar-refractivity contribution in [2.24, 2.45) is 5.92 Å². The van der Waals surface area contributed by atoms with Gasteiger partial charge in [0.05, 0.1) is 22.4 Å². The van der Waals surface area contributed by atoms with Crippen LogP contribution in [-0.2, 0) is 6.54 Å². The van der Waals surface area contributed by atoms with Crippen molar-refractivity contribution < 1.29 is 9.72 Å². The molecule has 0 aliphatic carbocycles. The zero-order chi connectivity index (χ0) is 25.1. The normalized spacial score (nSPS) is 15.9. The molecule has 1 aromatic heterocycles. The first kappa shape index (κ1) is 24.7. The maximum Gasteiger partial charge on any atom is 0.293 e. The van der Waals surface area contributed by atoms with Crippen LogP contribution in [0.15, 0.2) is 41.2 Å². The Morgan fingerprint density at radius 2 is 2.11 bits per heavy atom. The number of fused-ring (bicyclic) bond motifs is 1. The minimum absolute atomic E-state index is 0.0591. The van der Waals surface area contributed by atoms with Crippen LogP contribution in [0.4, 0.5) is 11.4 Å². The van der Waals surface area contributed by atoms with E-state index in [0.29, 0.717) is 46.3 Å². The molecule has 1 N–H and O–H groups in total. The van der Waals surface area contributed by atoms with Crippen LogP contribution >= 0.6 is 11.6 Å². The summed E-state index contributed by atoms with van der Waals surface area (Å²) in [6, 6.07) is 9.50. The van der Waals surface area contributed by atoms with Gasteiger partial charge in [-0.1, -0.05) is 25.4 Å². The molecular weight excluding hydrogens is 470 g/mol. The molecule has 184 valence electrons. The predicted molar refractivity (Wildman–Crippen MR) is 136 cm³/mol. The molecule has 35 heavy (non-hydrogen) atoms. The summed E-state index contributed by atoms with van der Waals surface area (Å²) in [5.41, 5.74) is 0.813. The first-order valence-corrected chi connectivity index (χ1v) is 12.2. The van der Waals surface area contributed by atoms with E-state index in [1.807, 2.05) is 11.8 Å². The van der Waals surface area contributed by atoms with Gasteiger partial charge in [0, 0.05) is 36.3 Å². The first-order chi connectivity index (χ1) is 16.8. The van der Waals surface area contributed by atoms with Crippen molar-refractivity contribution >= 4 is 39.8 Å². The summed E-state index contributed by atoms with van der Waals surface area (Å²) in [5, 5.41) is 12.8. The lowest BCUT2D eigenvalue weighted by atomic mass is 9.99. The molecule has 2 aromatic carbocycles. The van der Waals surface area contributed by atoms with E-state index in [1.54, 1.807) is 30.3 Å². The standard InChI is InChI=1S/C25H28ClN5O4/c1-3-10-30(15-23-27-20-13-18(26)7-8-19(20)24(32)28-23)25(33)17-6-9-21(22(12-17)31(34)35)29-11-4-5-16(2)14-29/h6-9,12-13,16H,3-5,10-11,14-15H2,1-2H3,(H,27,28,32). The van der Waals surface area contributed by atoms with Crippen molar-refractivity contribution in [3.05, 3.63) is 73.3 Å². The summed E-state index contributed by atoms with van der Waals surface area (Å²) in [5.74, 6) is 0.415. The Hall–Kier alpha value is -3.46. The minimum Gasteiger partial charge on any atom is -0.366 e. The summed E-state index contributed by atoms with van der Waals surface area (Å²) in [4.78, 5) is 48.1. The number of hydrogen-bond donors (Lipinski definition) is 1. The number of hydrogen-bond acceptors (Lipinski definition) is 6. The zero-order valence-corrected chi connectivity index (χ0v) is 20.5. The average Bonchev–Trinajstić information content (AvgIpc) is 2.82. The van der Waals surface area contributed by atoms with E-state index in [9.17, 15) is 19.7 Å². The third kappa shape index (κ3) is 5.45. The van der Waals surface area contributed by atoms with E-state index in [4.69, 9.17) is 11.6 Å². The molecule has 1 amide bonds. The van der Waals surface area contributed by atoms with Gasteiger partial charge in [-0.15, -0.1) is 0 Å². The first-order valence-electron chi connectivity index (χ1n) is 11.8. The van der Waals surface area contributed by atoms with E-state index < -0.39 is 4.92 Å². The number of nitrogens with one attached hydrogen (secondary N) is 1. The van der Waals surface area contributed by atoms with Crippen LogP contribution in [0.1, 0.15) is 49.3 Å². The molecule has 0 spiro atoms. The predicted octanol–water partition coefficient (Wildman–Crippen LogP) is 4.77.